The molecular weight excluding hydrogens is 390 g/mol. The van der Waals surface area contributed by atoms with E-state index >= 15 is 0 Å². The predicted molar refractivity (Wildman–Crippen MR) is 111 cm³/mol. The summed E-state index contributed by atoms with van der Waals surface area (Å²) in [7, 11) is 2.26. The summed E-state index contributed by atoms with van der Waals surface area (Å²) >= 11 is 0. The first-order chi connectivity index (χ1) is 14.1. The molecule has 0 aromatic heterocycles. The average molecular weight is 417 g/mol. The van der Waals surface area contributed by atoms with Gasteiger partial charge in [-0.25, -0.2) is 19.4 Å². The van der Waals surface area contributed by atoms with Crippen LogP contribution in [0.5, 0.6) is 0 Å². The van der Waals surface area contributed by atoms with Gasteiger partial charge in [-0.2, -0.15) is 10.1 Å². The lowest BCUT2D eigenvalue weighted by atomic mass is 10.1. The van der Waals surface area contributed by atoms with Crippen LogP contribution in [0, 0.1) is 0 Å². The lowest BCUT2D eigenvalue weighted by Crippen LogP contribution is -2.46. The van der Waals surface area contributed by atoms with Crippen LogP contribution in [-0.4, -0.2) is 67.5 Å². The summed E-state index contributed by atoms with van der Waals surface area (Å²) in [6, 6.07) is 7.26. The molecule has 1 amide bonds. The van der Waals surface area contributed by atoms with E-state index in [-0.39, 0.29) is 12.2 Å². The van der Waals surface area contributed by atoms with Crippen LogP contribution < -0.4 is 0 Å². The van der Waals surface area contributed by atoms with Crippen LogP contribution >= 0.6 is 0 Å². The van der Waals surface area contributed by atoms with Crippen molar-refractivity contribution < 1.29 is 28.6 Å². The summed E-state index contributed by atoms with van der Waals surface area (Å²) in [5.74, 6) is 0.690. The Kier molecular flexibility index (Phi) is 9.45. The summed E-state index contributed by atoms with van der Waals surface area (Å²) in [4.78, 5) is 41.8. The van der Waals surface area contributed by atoms with E-state index in [0.29, 0.717) is 10.6 Å². The van der Waals surface area contributed by atoms with Gasteiger partial charge in [0.15, 0.2) is 6.04 Å². The molecule has 0 N–H and O–H groups in total. The van der Waals surface area contributed by atoms with E-state index in [9.17, 15) is 14.4 Å². The Morgan fingerprint density at radius 1 is 1.13 bits per heavy atom. The standard InChI is InChI=1S/C21H27N3O6/c1-7-30-20(27)24(23-13-15-11-9-8-10-12-15)17(19(26)29-6)16(18(25)28-5)14-22-21(2,3)4/h8-13,17H,7H2,1-6H3. The molecule has 1 rings (SSSR count). The molecule has 9 nitrogen and oxygen atoms in total. The van der Waals surface area contributed by atoms with E-state index in [2.05, 4.69) is 16.0 Å². The van der Waals surface area contributed by atoms with Crippen molar-refractivity contribution >= 4 is 30.1 Å². The zero-order valence-corrected chi connectivity index (χ0v) is 18.0. The Bertz CT molecular complexity index is 836. The number of ether oxygens (including phenoxy) is 3. The fourth-order valence-corrected chi connectivity index (χ4v) is 2.08. The topological polar surface area (TPSA) is 107 Å². The monoisotopic (exact) mass is 417 g/mol. The quantitative estimate of drug-likeness (QED) is 0.222. The minimum absolute atomic E-state index is 0.0252. The maximum Gasteiger partial charge on any atom is 0.431 e. The molecule has 0 aliphatic carbocycles. The van der Waals surface area contributed by atoms with Gasteiger partial charge in [0.25, 0.3) is 0 Å². The highest BCUT2D eigenvalue weighted by atomic mass is 16.6. The Hall–Kier alpha value is -3.45. The zero-order chi connectivity index (χ0) is 22.7. The molecule has 0 spiro atoms. The summed E-state index contributed by atoms with van der Waals surface area (Å²) in [5, 5.41) is 4.79. The summed E-state index contributed by atoms with van der Waals surface area (Å²) in [5.41, 5.74) is -0.304. The van der Waals surface area contributed by atoms with E-state index < -0.39 is 29.6 Å². The highest BCUT2D eigenvalue weighted by molar-refractivity contribution is 6.06. The summed E-state index contributed by atoms with van der Waals surface area (Å²) < 4.78 is 14.6. The highest BCUT2D eigenvalue weighted by Gasteiger charge is 2.39. The first-order valence-electron chi connectivity index (χ1n) is 9.20. The van der Waals surface area contributed by atoms with Gasteiger partial charge < -0.3 is 14.2 Å². The molecule has 9 heteroatoms. The Morgan fingerprint density at radius 3 is 2.27 bits per heavy atom. The lowest BCUT2D eigenvalue weighted by Gasteiger charge is -2.24. The minimum Gasteiger partial charge on any atom is -0.467 e. The van der Waals surface area contributed by atoms with Crippen molar-refractivity contribution in [2.45, 2.75) is 39.3 Å². The van der Waals surface area contributed by atoms with Gasteiger partial charge in [0, 0.05) is 0 Å². The Labute approximate surface area is 176 Å². The minimum atomic E-state index is -1.62. The fraction of sp³-hybridized carbons (Fsp3) is 0.429. The number of carbonyl (C=O) groups is 3. The Morgan fingerprint density at radius 2 is 1.77 bits per heavy atom. The zero-order valence-electron chi connectivity index (χ0n) is 18.0. The van der Waals surface area contributed by atoms with Gasteiger partial charge in [-0.05, 0) is 39.1 Å². The number of hydrogen-bond acceptors (Lipinski definition) is 8. The fourth-order valence-electron chi connectivity index (χ4n) is 2.08. The number of esters is 2. The molecule has 1 aromatic rings. The molecule has 162 valence electrons. The predicted octanol–water partition coefficient (Wildman–Crippen LogP) is 2.59. The largest absolute Gasteiger partial charge is 0.467 e. The van der Waals surface area contributed by atoms with E-state index in [4.69, 9.17) is 14.2 Å². The van der Waals surface area contributed by atoms with Crippen LogP contribution in [0.3, 0.4) is 0 Å². The molecule has 0 bridgehead atoms. The van der Waals surface area contributed by atoms with Crippen LogP contribution in [0.15, 0.2) is 46.0 Å². The van der Waals surface area contributed by atoms with Gasteiger partial charge >= 0.3 is 18.0 Å². The van der Waals surface area contributed by atoms with Crippen molar-refractivity contribution in [3.63, 3.8) is 0 Å². The molecule has 30 heavy (non-hydrogen) atoms. The van der Waals surface area contributed by atoms with Crippen molar-refractivity contribution in [2.24, 2.45) is 10.1 Å². The summed E-state index contributed by atoms with van der Waals surface area (Å²) in [6.45, 7) is 6.95. The molecule has 1 atom stereocenters. The van der Waals surface area contributed by atoms with Gasteiger partial charge in [0.1, 0.15) is 5.57 Å². The van der Waals surface area contributed by atoms with E-state index in [1.807, 2.05) is 6.07 Å². The summed E-state index contributed by atoms with van der Waals surface area (Å²) in [6.07, 6.45) is 0.391. The second-order valence-corrected chi connectivity index (χ2v) is 6.92. The van der Waals surface area contributed by atoms with Gasteiger partial charge in [-0.3, -0.25) is 0 Å². The molecule has 0 aliphatic heterocycles. The lowest BCUT2D eigenvalue weighted by molar-refractivity contribution is -0.148. The second kappa shape index (κ2) is 11.5. The van der Waals surface area contributed by atoms with Crippen LogP contribution in [0.4, 0.5) is 4.79 Å². The molecule has 0 heterocycles. The molecule has 0 saturated carbocycles. The van der Waals surface area contributed by atoms with Crippen molar-refractivity contribution in [3.8, 4) is 0 Å². The van der Waals surface area contributed by atoms with Crippen LogP contribution in [-0.2, 0) is 23.8 Å². The van der Waals surface area contributed by atoms with Crippen molar-refractivity contribution in [1.82, 2.24) is 5.01 Å². The van der Waals surface area contributed by atoms with Gasteiger partial charge in [-0.1, -0.05) is 30.3 Å². The number of amides is 1. The molecule has 0 aliphatic rings. The van der Waals surface area contributed by atoms with Crippen LogP contribution in [0.2, 0.25) is 0 Å². The van der Waals surface area contributed by atoms with Crippen molar-refractivity contribution in [3.05, 3.63) is 41.5 Å². The third-order valence-corrected chi connectivity index (χ3v) is 3.45. The van der Waals surface area contributed by atoms with Crippen molar-refractivity contribution in [2.75, 3.05) is 20.8 Å². The number of methoxy groups -OCH3 is 2. The third kappa shape index (κ3) is 7.52. The SMILES string of the molecule is CCOC(=O)N(N=Cc1ccccc1)C(C(=O)OC)C(=C=NC(C)(C)C)C(=O)OC. The van der Waals surface area contributed by atoms with Crippen LogP contribution in [0.1, 0.15) is 33.3 Å². The number of hydrazone groups is 1. The molecule has 1 aromatic carbocycles. The number of nitrogens with zero attached hydrogens (tertiary/aromatic N) is 3. The number of carbonyl (C=O) groups excluding carboxylic acids is 3. The van der Waals surface area contributed by atoms with E-state index in [0.717, 1.165) is 14.2 Å². The second-order valence-electron chi connectivity index (χ2n) is 6.92. The maximum absolute atomic E-state index is 12.6. The van der Waals surface area contributed by atoms with E-state index in [1.54, 1.807) is 52.0 Å². The van der Waals surface area contributed by atoms with Gasteiger partial charge in [0.2, 0.25) is 0 Å². The average Bonchev–Trinajstić information content (AvgIpc) is 2.71. The number of aliphatic imine (C=N–C) groups is 1. The number of hydrogen-bond donors (Lipinski definition) is 0. The highest BCUT2D eigenvalue weighted by Crippen LogP contribution is 2.16. The van der Waals surface area contributed by atoms with Crippen LogP contribution in [0.25, 0.3) is 0 Å². The molecule has 0 radical (unpaired) electrons. The first kappa shape index (κ1) is 24.6. The number of rotatable bonds is 7. The number of benzene rings is 1. The molecule has 1 unspecified atom stereocenters. The normalized spacial score (nSPS) is 11.8. The molecule has 0 saturated heterocycles. The molecular formula is C21H27N3O6. The maximum atomic E-state index is 12.6. The smallest absolute Gasteiger partial charge is 0.431 e. The Balaban J connectivity index is 3.63. The van der Waals surface area contributed by atoms with Gasteiger partial charge in [0.05, 0.1) is 32.6 Å². The van der Waals surface area contributed by atoms with Crippen molar-refractivity contribution in [1.29, 1.82) is 0 Å². The van der Waals surface area contributed by atoms with E-state index in [1.165, 1.54) is 6.21 Å². The van der Waals surface area contributed by atoms with Gasteiger partial charge in [-0.15, -0.1) is 0 Å². The molecule has 0 fully saturated rings. The first-order valence-corrected chi connectivity index (χ1v) is 9.20. The third-order valence-electron chi connectivity index (χ3n) is 3.45.